The van der Waals surface area contributed by atoms with Crippen molar-refractivity contribution in [3.63, 3.8) is 0 Å². The summed E-state index contributed by atoms with van der Waals surface area (Å²) in [6.07, 6.45) is -3.64. The number of alkyl halides is 3. The first kappa shape index (κ1) is 14.7. The van der Waals surface area contributed by atoms with E-state index in [0.29, 0.717) is 19.4 Å². The summed E-state index contributed by atoms with van der Waals surface area (Å²) >= 11 is 0. The molecule has 1 saturated heterocycles. The molecule has 0 aromatic heterocycles. The fourth-order valence-electron chi connectivity index (χ4n) is 1.98. The van der Waals surface area contributed by atoms with Crippen molar-refractivity contribution in [1.82, 2.24) is 10.2 Å². The van der Waals surface area contributed by atoms with Crippen molar-refractivity contribution in [2.24, 2.45) is 0 Å². The molecule has 0 spiro atoms. The third kappa shape index (κ3) is 5.35. The van der Waals surface area contributed by atoms with E-state index in [9.17, 15) is 22.8 Å². The molecule has 2 N–H and O–H groups in total. The fourth-order valence-corrected chi connectivity index (χ4v) is 1.98. The first-order valence-electron chi connectivity index (χ1n) is 5.57. The lowest BCUT2D eigenvalue weighted by Gasteiger charge is -2.29. The topological polar surface area (TPSA) is 69.6 Å². The molecule has 1 rings (SSSR count). The van der Waals surface area contributed by atoms with E-state index in [4.69, 9.17) is 5.11 Å². The molecule has 1 unspecified atom stereocenters. The molecular weight excluding hydrogens is 253 g/mol. The maximum Gasteiger partial charge on any atom is 0.401 e. The number of hydrogen-bond acceptors (Lipinski definition) is 3. The van der Waals surface area contributed by atoms with Crippen molar-refractivity contribution in [3.05, 3.63) is 0 Å². The number of nitrogens with zero attached hydrogens (tertiary/aromatic N) is 1. The molecule has 1 fully saturated rings. The van der Waals surface area contributed by atoms with E-state index < -0.39 is 31.3 Å². The predicted molar refractivity (Wildman–Crippen MR) is 55.9 cm³/mol. The third-order valence-corrected chi connectivity index (χ3v) is 2.69. The first-order valence-corrected chi connectivity index (χ1v) is 5.57. The van der Waals surface area contributed by atoms with Crippen molar-refractivity contribution in [2.45, 2.75) is 31.5 Å². The van der Waals surface area contributed by atoms with Crippen LogP contribution >= 0.6 is 0 Å². The fraction of sp³-hybridized carbons (Fsp3) is 0.800. The van der Waals surface area contributed by atoms with Gasteiger partial charge in [0.1, 0.15) is 0 Å². The van der Waals surface area contributed by atoms with Gasteiger partial charge in [0, 0.05) is 19.0 Å². The molecule has 1 heterocycles. The Kier molecular flexibility index (Phi) is 4.94. The molecule has 1 aliphatic heterocycles. The maximum absolute atomic E-state index is 12.4. The molecule has 1 atom stereocenters. The molecule has 0 aliphatic carbocycles. The van der Waals surface area contributed by atoms with Gasteiger partial charge in [-0.3, -0.25) is 14.5 Å². The van der Waals surface area contributed by atoms with Crippen molar-refractivity contribution in [3.8, 4) is 0 Å². The molecule has 1 aliphatic rings. The van der Waals surface area contributed by atoms with E-state index in [1.807, 2.05) is 0 Å². The van der Waals surface area contributed by atoms with Crippen LogP contribution in [0.1, 0.15) is 19.3 Å². The van der Waals surface area contributed by atoms with E-state index in [0.717, 1.165) is 4.90 Å². The maximum atomic E-state index is 12.4. The first-order chi connectivity index (χ1) is 8.28. The Morgan fingerprint density at radius 2 is 2.17 bits per heavy atom. The second-order valence-corrected chi connectivity index (χ2v) is 4.26. The quantitative estimate of drug-likeness (QED) is 0.783. The van der Waals surface area contributed by atoms with Gasteiger partial charge in [-0.2, -0.15) is 13.2 Å². The Hall–Kier alpha value is -1.31. The number of rotatable bonds is 4. The SMILES string of the molecule is O=C(O)CN(CC(F)(F)F)C1CCCNC(=O)C1. The summed E-state index contributed by atoms with van der Waals surface area (Å²) in [4.78, 5) is 22.7. The summed E-state index contributed by atoms with van der Waals surface area (Å²) in [5.74, 6) is -1.67. The van der Waals surface area contributed by atoms with E-state index in [1.165, 1.54) is 0 Å². The molecule has 0 radical (unpaired) electrons. The monoisotopic (exact) mass is 268 g/mol. The molecule has 1 amide bonds. The van der Waals surface area contributed by atoms with Gasteiger partial charge in [0.2, 0.25) is 5.91 Å². The smallest absolute Gasteiger partial charge is 0.401 e. The zero-order valence-electron chi connectivity index (χ0n) is 9.66. The lowest BCUT2D eigenvalue weighted by Crippen LogP contribution is -2.45. The molecule has 0 aromatic rings. The van der Waals surface area contributed by atoms with Crippen molar-refractivity contribution in [1.29, 1.82) is 0 Å². The summed E-state index contributed by atoms with van der Waals surface area (Å²) in [7, 11) is 0. The van der Waals surface area contributed by atoms with Crippen molar-refractivity contribution >= 4 is 11.9 Å². The lowest BCUT2D eigenvalue weighted by atomic mass is 10.1. The van der Waals surface area contributed by atoms with Crippen LogP contribution in [0.2, 0.25) is 0 Å². The lowest BCUT2D eigenvalue weighted by molar-refractivity contribution is -0.159. The van der Waals surface area contributed by atoms with Gasteiger partial charge in [0.25, 0.3) is 0 Å². The Balaban J connectivity index is 2.73. The minimum atomic E-state index is -4.47. The van der Waals surface area contributed by atoms with Crippen LogP contribution in [0.15, 0.2) is 0 Å². The van der Waals surface area contributed by atoms with Gasteiger partial charge in [0.15, 0.2) is 0 Å². The number of halogens is 3. The standard InChI is InChI=1S/C10H15F3N2O3/c11-10(12,13)6-15(5-9(17)18)7-2-1-3-14-8(16)4-7/h7H,1-6H2,(H,14,16)(H,17,18). The molecule has 0 saturated carbocycles. The van der Waals surface area contributed by atoms with Crippen LogP contribution in [-0.2, 0) is 9.59 Å². The van der Waals surface area contributed by atoms with Gasteiger partial charge in [0.05, 0.1) is 13.1 Å². The van der Waals surface area contributed by atoms with E-state index in [1.54, 1.807) is 0 Å². The zero-order valence-corrected chi connectivity index (χ0v) is 9.66. The van der Waals surface area contributed by atoms with Crippen LogP contribution < -0.4 is 5.32 Å². The van der Waals surface area contributed by atoms with Crippen LogP contribution in [0, 0.1) is 0 Å². The molecule has 0 bridgehead atoms. The number of amides is 1. The van der Waals surface area contributed by atoms with E-state index >= 15 is 0 Å². The molecule has 104 valence electrons. The summed E-state index contributed by atoms with van der Waals surface area (Å²) in [6, 6.07) is -0.676. The molecule has 18 heavy (non-hydrogen) atoms. The minimum absolute atomic E-state index is 0.0939. The second-order valence-electron chi connectivity index (χ2n) is 4.26. The number of nitrogens with one attached hydrogen (secondary N) is 1. The highest BCUT2D eigenvalue weighted by molar-refractivity contribution is 5.77. The summed E-state index contributed by atoms with van der Waals surface area (Å²) in [5.41, 5.74) is 0. The highest BCUT2D eigenvalue weighted by Crippen LogP contribution is 2.21. The number of carboxylic acids is 1. The van der Waals surface area contributed by atoms with Crippen LogP contribution in [0.3, 0.4) is 0 Å². The molecule has 0 aromatic carbocycles. The molecule has 5 nitrogen and oxygen atoms in total. The van der Waals surface area contributed by atoms with Crippen LogP contribution in [0.25, 0.3) is 0 Å². The Labute approximate surface area is 102 Å². The largest absolute Gasteiger partial charge is 0.480 e. The zero-order chi connectivity index (χ0) is 13.8. The van der Waals surface area contributed by atoms with Gasteiger partial charge in [-0.05, 0) is 12.8 Å². The number of carbonyl (C=O) groups excluding carboxylic acids is 1. The number of carbonyl (C=O) groups is 2. The average molecular weight is 268 g/mol. The van der Waals surface area contributed by atoms with E-state index in [-0.39, 0.29) is 12.3 Å². The Bertz CT molecular complexity index is 320. The van der Waals surface area contributed by atoms with Crippen molar-refractivity contribution < 1.29 is 27.9 Å². The van der Waals surface area contributed by atoms with Gasteiger partial charge in [-0.25, -0.2) is 0 Å². The number of hydrogen-bond donors (Lipinski definition) is 2. The van der Waals surface area contributed by atoms with Gasteiger partial charge < -0.3 is 10.4 Å². The minimum Gasteiger partial charge on any atom is -0.480 e. The molecular formula is C10H15F3N2O3. The van der Waals surface area contributed by atoms with Gasteiger partial charge in [-0.1, -0.05) is 0 Å². The highest BCUT2D eigenvalue weighted by atomic mass is 19.4. The second kappa shape index (κ2) is 6.03. The van der Waals surface area contributed by atoms with Crippen LogP contribution in [-0.4, -0.2) is 53.7 Å². The Morgan fingerprint density at radius 1 is 1.50 bits per heavy atom. The number of carboxylic acid groups (broad SMARTS) is 1. The van der Waals surface area contributed by atoms with Gasteiger partial charge in [-0.15, -0.1) is 0 Å². The summed E-state index contributed by atoms with van der Waals surface area (Å²) < 4.78 is 37.1. The predicted octanol–water partition coefficient (Wildman–Crippen LogP) is 0.604. The van der Waals surface area contributed by atoms with Crippen LogP contribution in [0.4, 0.5) is 13.2 Å². The van der Waals surface area contributed by atoms with Gasteiger partial charge >= 0.3 is 12.1 Å². The Morgan fingerprint density at radius 3 is 2.72 bits per heavy atom. The molecule has 8 heteroatoms. The summed E-state index contributed by atoms with van der Waals surface area (Å²) in [5, 5.41) is 11.2. The highest BCUT2D eigenvalue weighted by Gasteiger charge is 2.35. The third-order valence-electron chi connectivity index (χ3n) is 2.69. The van der Waals surface area contributed by atoms with Crippen LogP contribution in [0.5, 0.6) is 0 Å². The van der Waals surface area contributed by atoms with E-state index in [2.05, 4.69) is 5.32 Å². The summed E-state index contributed by atoms with van der Waals surface area (Å²) in [6.45, 7) is -1.60. The van der Waals surface area contributed by atoms with Crippen molar-refractivity contribution in [2.75, 3.05) is 19.6 Å². The normalized spacial score (nSPS) is 21.6. The average Bonchev–Trinajstić information content (AvgIpc) is 2.39. The number of aliphatic carboxylic acids is 1.